The highest BCUT2D eigenvalue weighted by molar-refractivity contribution is 5.81. The lowest BCUT2D eigenvalue weighted by Crippen LogP contribution is -2.33. The van der Waals surface area contributed by atoms with Crippen LogP contribution in [0.2, 0.25) is 0 Å². The molecule has 2 heterocycles. The molecule has 3 heteroatoms. The molecule has 2 unspecified atom stereocenters. The van der Waals surface area contributed by atoms with Gasteiger partial charge in [-0.25, -0.2) is 0 Å². The fourth-order valence-electron chi connectivity index (χ4n) is 3.22. The molecule has 1 saturated heterocycles. The maximum absolute atomic E-state index is 4.52. The Kier molecular flexibility index (Phi) is 4.71. The predicted octanol–water partition coefficient (Wildman–Crippen LogP) is 3.96. The molecule has 0 saturated carbocycles. The Hall–Kier alpha value is -1.61. The fraction of sp³-hybridized carbons (Fsp3) is 0.500. The number of benzene rings is 1. The number of hydrogen-bond donors (Lipinski definition) is 2. The first kappa shape index (κ1) is 14.3. The Balaban J connectivity index is 1.61. The average Bonchev–Trinajstić information content (AvgIpc) is 2.75. The number of rotatable bonds is 4. The smallest absolute Gasteiger partial charge is 0.0703 e. The highest BCUT2D eigenvalue weighted by Crippen LogP contribution is 2.19. The quantitative estimate of drug-likeness (QED) is 0.892. The Morgan fingerprint density at radius 3 is 3.14 bits per heavy atom. The van der Waals surface area contributed by atoms with E-state index in [0.717, 1.165) is 11.2 Å². The van der Waals surface area contributed by atoms with Gasteiger partial charge in [-0.3, -0.25) is 4.98 Å². The molecule has 0 aliphatic carbocycles. The SMILES string of the molecule is CC(CC1CCCCCN1)Nc1cnc2ccccc2c1. The first-order chi connectivity index (χ1) is 10.3. The second-order valence-electron chi connectivity index (χ2n) is 6.20. The molecule has 112 valence electrons. The second-order valence-corrected chi connectivity index (χ2v) is 6.20. The molecule has 1 aromatic carbocycles. The molecule has 1 aromatic heterocycles. The van der Waals surface area contributed by atoms with Gasteiger partial charge in [0.2, 0.25) is 0 Å². The molecule has 2 N–H and O–H groups in total. The first-order valence-corrected chi connectivity index (χ1v) is 8.16. The minimum atomic E-state index is 0.462. The fourth-order valence-corrected chi connectivity index (χ4v) is 3.22. The van der Waals surface area contributed by atoms with E-state index in [0.29, 0.717) is 12.1 Å². The van der Waals surface area contributed by atoms with E-state index in [1.165, 1.54) is 44.0 Å². The zero-order valence-electron chi connectivity index (χ0n) is 12.8. The van der Waals surface area contributed by atoms with E-state index in [9.17, 15) is 0 Å². The van der Waals surface area contributed by atoms with Crippen molar-refractivity contribution in [3.05, 3.63) is 36.5 Å². The molecule has 0 spiro atoms. The number of nitrogens with zero attached hydrogens (tertiary/aromatic N) is 1. The Morgan fingerprint density at radius 1 is 1.29 bits per heavy atom. The molecule has 1 fully saturated rings. The third-order valence-corrected chi connectivity index (χ3v) is 4.30. The van der Waals surface area contributed by atoms with Crippen LogP contribution in [0.25, 0.3) is 10.9 Å². The summed E-state index contributed by atoms with van der Waals surface area (Å²) < 4.78 is 0. The van der Waals surface area contributed by atoms with Crippen LogP contribution < -0.4 is 10.6 Å². The summed E-state index contributed by atoms with van der Waals surface area (Å²) in [5, 5.41) is 8.47. The molecule has 21 heavy (non-hydrogen) atoms. The van der Waals surface area contributed by atoms with Gasteiger partial charge in [-0.1, -0.05) is 31.0 Å². The highest BCUT2D eigenvalue weighted by Gasteiger charge is 2.14. The Labute approximate surface area is 127 Å². The molecule has 3 nitrogen and oxygen atoms in total. The van der Waals surface area contributed by atoms with Crippen molar-refractivity contribution in [1.82, 2.24) is 10.3 Å². The summed E-state index contributed by atoms with van der Waals surface area (Å²) in [6.45, 7) is 3.44. The molecule has 2 aromatic rings. The first-order valence-electron chi connectivity index (χ1n) is 8.16. The van der Waals surface area contributed by atoms with E-state index in [-0.39, 0.29) is 0 Å². The monoisotopic (exact) mass is 283 g/mol. The van der Waals surface area contributed by atoms with Crippen LogP contribution in [-0.4, -0.2) is 23.6 Å². The molecular formula is C18H25N3. The van der Waals surface area contributed by atoms with Crippen molar-refractivity contribution in [2.24, 2.45) is 0 Å². The van der Waals surface area contributed by atoms with Crippen LogP contribution in [0, 0.1) is 0 Å². The maximum atomic E-state index is 4.52. The molecule has 0 amide bonds. The van der Waals surface area contributed by atoms with Crippen molar-refractivity contribution < 1.29 is 0 Å². The zero-order valence-corrected chi connectivity index (χ0v) is 12.8. The van der Waals surface area contributed by atoms with Crippen LogP contribution >= 0.6 is 0 Å². The molecule has 3 rings (SSSR count). The van der Waals surface area contributed by atoms with Crippen LogP contribution in [0.3, 0.4) is 0 Å². The maximum Gasteiger partial charge on any atom is 0.0703 e. The van der Waals surface area contributed by atoms with Gasteiger partial charge in [0.1, 0.15) is 0 Å². The van der Waals surface area contributed by atoms with Gasteiger partial charge in [-0.15, -0.1) is 0 Å². The van der Waals surface area contributed by atoms with Crippen LogP contribution in [0.5, 0.6) is 0 Å². The van der Waals surface area contributed by atoms with Crippen molar-refractivity contribution in [1.29, 1.82) is 0 Å². The van der Waals surface area contributed by atoms with Gasteiger partial charge in [-0.2, -0.15) is 0 Å². The second kappa shape index (κ2) is 6.90. The topological polar surface area (TPSA) is 37.0 Å². The zero-order chi connectivity index (χ0) is 14.5. The number of hydrogen-bond acceptors (Lipinski definition) is 3. The van der Waals surface area contributed by atoms with Crippen LogP contribution in [0.15, 0.2) is 36.5 Å². The number of aromatic nitrogens is 1. The van der Waals surface area contributed by atoms with Gasteiger partial charge >= 0.3 is 0 Å². The summed E-state index contributed by atoms with van der Waals surface area (Å²) >= 11 is 0. The van der Waals surface area contributed by atoms with E-state index in [1.807, 2.05) is 12.3 Å². The highest BCUT2D eigenvalue weighted by atomic mass is 15.0. The summed E-state index contributed by atoms with van der Waals surface area (Å²) in [5.74, 6) is 0. The van der Waals surface area contributed by atoms with Gasteiger partial charge in [0.15, 0.2) is 0 Å². The predicted molar refractivity (Wildman–Crippen MR) is 89.7 cm³/mol. The Bertz CT molecular complexity index is 573. The molecular weight excluding hydrogens is 258 g/mol. The number of pyridine rings is 1. The summed E-state index contributed by atoms with van der Waals surface area (Å²) in [6.07, 6.45) is 8.49. The minimum absolute atomic E-state index is 0.462. The lowest BCUT2D eigenvalue weighted by atomic mass is 10.0. The lowest BCUT2D eigenvalue weighted by molar-refractivity contribution is 0.456. The van der Waals surface area contributed by atoms with Gasteiger partial charge < -0.3 is 10.6 Å². The third-order valence-electron chi connectivity index (χ3n) is 4.30. The third kappa shape index (κ3) is 3.94. The summed E-state index contributed by atoms with van der Waals surface area (Å²) in [6, 6.07) is 11.6. The molecule has 0 bridgehead atoms. The van der Waals surface area contributed by atoms with Crippen LogP contribution in [0.4, 0.5) is 5.69 Å². The number of anilines is 1. The molecule has 1 aliphatic heterocycles. The summed E-state index contributed by atoms with van der Waals surface area (Å²) in [4.78, 5) is 4.52. The summed E-state index contributed by atoms with van der Waals surface area (Å²) in [7, 11) is 0. The molecule has 1 aliphatic rings. The van der Waals surface area contributed by atoms with E-state index in [1.54, 1.807) is 0 Å². The van der Waals surface area contributed by atoms with Gasteiger partial charge in [0.05, 0.1) is 17.4 Å². The van der Waals surface area contributed by atoms with Crippen molar-refractivity contribution in [2.75, 3.05) is 11.9 Å². The number of fused-ring (bicyclic) bond motifs is 1. The lowest BCUT2D eigenvalue weighted by Gasteiger charge is -2.22. The van der Waals surface area contributed by atoms with Crippen LogP contribution in [0.1, 0.15) is 39.0 Å². The minimum Gasteiger partial charge on any atom is -0.381 e. The Morgan fingerprint density at radius 2 is 2.19 bits per heavy atom. The molecule has 2 atom stereocenters. The van der Waals surface area contributed by atoms with E-state index in [2.05, 4.69) is 46.8 Å². The number of para-hydroxylation sites is 1. The van der Waals surface area contributed by atoms with Crippen molar-refractivity contribution >= 4 is 16.6 Å². The number of nitrogens with one attached hydrogen (secondary N) is 2. The van der Waals surface area contributed by atoms with E-state index < -0.39 is 0 Å². The van der Waals surface area contributed by atoms with Crippen molar-refractivity contribution in [3.8, 4) is 0 Å². The molecule has 0 radical (unpaired) electrons. The van der Waals surface area contributed by atoms with Crippen LogP contribution in [-0.2, 0) is 0 Å². The van der Waals surface area contributed by atoms with Crippen molar-refractivity contribution in [3.63, 3.8) is 0 Å². The normalized spacial score (nSPS) is 20.9. The van der Waals surface area contributed by atoms with Gasteiger partial charge in [-0.05, 0) is 44.9 Å². The largest absolute Gasteiger partial charge is 0.381 e. The summed E-state index contributed by atoms with van der Waals surface area (Å²) in [5.41, 5.74) is 2.18. The van der Waals surface area contributed by atoms with Gasteiger partial charge in [0.25, 0.3) is 0 Å². The van der Waals surface area contributed by atoms with Gasteiger partial charge in [0, 0.05) is 17.5 Å². The van der Waals surface area contributed by atoms with E-state index in [4.69, 9.17) is 0 Å². The standard InChI is InChI=1S/C18H25N3/c1-14(11-16-8-3-2-6-10-19-16)21-17-12-15-7-4-5-9-18(15)20-13-17/h4-5,7,9,12-14,16,19,21H,2-3,6,8,10-11H2,1H3. The average molecular weight is 283 g/mol. The van der Waals surface area contributed by atoms with E-state index >= 15 is 0 Å². The van der Waals surface area contributed by atoms with Crippen molar-refractivity contribution in [2.45, 2.75) is 51.1 Å².